The topological polar surface area (TPSA) is 9.23 Å². The Morgan fingerprint density at radius 2 is 2.08 bits per heavy atom. The summed E-state index contributed by atoms with van der Waals surface area (Å²) in [4.78, 5) is 0. The Hall–Kier alpha value is -0.960. The van der Waals surface area contributed by atoms with Crippen LogP contribution in [-0.4, -0.2) is 13.7 Å². The van der Waals surface area contributed by atoms with Gasteiger partial charge in [0.2, 0.25) is 0 Å². The van der Waals surface area contributed by atoms with E-state index in [1.54, 1.807) is 6.42 Å². The Bertz CT molecular complexity index is 261. The SMILES string of the molecule is COC[CH]c1ccc(F)c(F)c1. The van der Waals surface area contributed by atoms with Crippen molar-refractivity contribution in [1.29, 1.82) is 0 Å². The third-order valence-corrected chi connectivity index (χ3v) is 1.43. The Balaban J connectivity index is 2.69. The minimum atomic E-state index is -0.833. The highest BCUT2D eigenvalue weighted by molar-refractivity contribution is 5.24. The van der Waals surface area contributed by atoms with E-state index in [0.29, 0.717) is 12.2 Å². The second-order valence-electron chi connectivity index (χ2n) is 2.33. The van der Waals surface area contributed by atoms with Crippen LogP contribution >= 0.6 is 0 Å². The van der Waals surface area contributed by atoms with Gasteiger partial charge < -0.3 is 4.74 Å². The lowest BCUT2D eigenvalue weighted by molar-refractivity contribution is 0.225. The van der Waals surface area contributed by atoms with Crippen molar-refractivity contribution >= 4 is 0 Å². The summed E-state index contributed by atoms with van der Waals surface area (Å²) < 4.78 is 29.7. The van der Waals surface area contributed by atoms with Crippen LogP contribution in [-0.2, 0) is 4.74 Å². The molecule has 0 bridgehead atoms. The monoisotopic (exact) mass is 171 g/mol. The van der Waals surface area contributed by atoms with Crippen molar-refractivity contribution in [2.75, 3.05) is 13.7 Å². The normalized spacial score (nSPS) is 10.2. The minimum Gasteiger partial charge on any atom is -0.384 e. The van der Waals surface area contributed by atoms with Crippen molar-refractivity contribution in [3.05, 3.63) is 41.8 Å². The van der Waals surface area contributed by atoms with E-state index in [0.717, 1.165) is 12.1 Å². The van der Waals surface area contributed by atoms with E-state index < -0.39 is 11.6 Å². The molecule has 1 aromatic carbocycles. The van der Waals surface area contributed by atoms with Crippen molar-refractivity contribution in [3.8, 4) is 0 Å². The number of hydrogen-bond acceptors (Lipinski definition) is 1. The highest BCUT2D eigenvalue weighted by Crippen LogP contribution is 2.09. The molecule has 0 unspecified atom stereocenters. The summed E-state index contributed by atoms with van der Waals surface area (Å²) in [5, 5.41) is 0. The van der Waals surface area contributed by atoms with Crippen LogP contribution in [0.3, 0.4) is 0 Å². The zero-order valence-electron chi connectivity index (χ0n) is 6.68. The van der Waals surface area contributed by atoms with Crippen molar-refractivity contribution in [2.45, 2.75) is 0 Å². The smallest absolute Gasteiger partial charge is 0.159 e. The molecule has 0 atom stereocenters. The van der Waals surface area contributed by atoms with Crippen LogP contribution < -0.4 is 0 Å². The Kier molecular flexibility index (Phi) is 3.17. The first-order valence-electron chi connectivity index (χ1n) is 3.51. The number of ether oxygens (including phenoxy) is 1. The summed E-state index contributed by atoms with van der Waals surface area (Å²) in [7, 11) is 1.54. The predicted molar refractivity (Wildman–Crippen MR) is 41.6 cm³/mol. The Morgan fingerprint density at radius 3 is 2.67 bits per heavy atom. The van der Waals surface area contributed by atoms with Crippen molar-refractivity contribution in [1.82, 2.24) is 0 Å². The lowest BCUT2D eigenvalue weighted by atomic mass is 10.1. The van der Waals surface area contributed by atoms with Gasteiger partial charge in [0.15, 0.2) is 11.6 Å². The number of hydrogen-bond donors (Lipinski definition) is 0. The first-order chi connectivity index (χ1) is 5.74. The molecule has 1 rings (SSSR count). The van der Waals surface area contributed by atoms with Crippen LogP contribution in [0.2, 0.25) is 0 Å². The maximum Gasteiger partial charge on any atom is 0.159 e. The summed E-state index contributed by atoms with van der Waals surface area (Å²) in [6, 6.07) is 3.72. The van der Waals surface area contributed by atoms with Gasteiger partial charge in [-0.2, -0.15) is 0 Å². The molecule has 3 heteroatoms. The largest absolute Gasteiger partial charge is 0.384 e. The fourth-order valence-electron chi connectivity index (χ4n) is 0.819. The maximum absolute atomic E-state index is 12.6. The molecule has 0 saturated heterocycles. The number of methoxy groups -OCH3 is 1. The van der Waals surface area contributed by atoms with Crippen LogP contribution in [0.4, 0.5) is 8.78 Å². The van der Waals surface area contributed by atoms with E-state index in [4.69, 9.17) is 4.74 Å². The molecule has 0 N–H and O–H groups in total. The molecule has 12 heavy (non-hydrogen) atoms. The summed E-state index contributed by atoms with van der Waals surface area (Å²) in [6.45, 7) is 0.394. The van der Waals surface area contributed by atoms with Gasteiger partial charge in [0.1, 0.15) is 0 Å². The highest BCUT2D eigenvalue weighted by Gasteiger charge is 2.01. The molecule has 0 aliphatic carbocycles. The first kappa shape index (κ1) is 9.13. The molecule has 0 aromatic heterocycles. The standard InChI is InChI=1S/C9H9F2O/c1-12-5-4-7-2-3-8(10)9(11)6-7/h2-4,6H,5H2,1H3. The van der Waals surface area contributed by atoms with Crippen molar-refractivity contribution in [2.24, 2.45) is 0 Å². The minimum absolute atomic E-state index is 0.394. The van der Waals surface area contributed by atoms with Crippen LogP contribution in [0, 0.1) is 18.1 Å². The van der Waals surface area contributed by atoms with Gasteiger partial charge in [-0.05, 0) is 17.7 Å². The molecular formula is C9H9F2O. The Labute approximate surface area is 70.0 Å². The van der Waals surface area contributed by atoms with E-state index in [-0.39, 0.29) is 0 Å². The third kappa shape index (κ3) is 2.27. The fourth-order valence-corrected chi connectivity index (χ4v) is 0.819. The van der Waals surface area contributed by atoms with Gasteiger partial charge >= 0.3 is 0 Å². The lowest BCUT2D eigenvalue weighted by Crippen LogP contribution is -1.93. The molecule has 0 aliphatic heterocycles. The first-order valence-corrected chi connectivity index (χ1v) is 3.51. The average molecular weight is 171 g/mol. The van der Waals surface area contributed by atoms with Crippen LogP contribution in [0.25, 0.3) is 0 Å². The maximum atomic E-state index is 12.6. The van der Waals surface area contributed by atoms with Gasteiger partial charge in [-0.15, -0.1) is 0 Å². The molecule has 0 heterocycles. The predicted octanol–water partition coefficient (Wildman–Crippen LogP) is 2.16. The van der Waals surface area contributed by atoms with E-state index in [1.165, 1.54) is 13.2 Å². The van der Waals surface area contributed by atoms with E-state index in [2.05, 4.69) is 0 Å². The molecule has 0 amide bonds. The summed E-state index contributed by atoms with van der Waals surface area (Å²) in [5.74, 6) is -1.66. The van der Waals surface area contributed by atoms with E-state index >= 15 is 0 Å². The molecule has 0 saturated carbocycles. The van der Waals surface area contributed by atoms with Crippen LogP contribution in [0.15, 0.2) is 18.2 Å². The quantitative estimate of drug-likeness (QED) is 0.677. The van der Waals surface area contributed by atoms with Gasteiger partial charge in [0.05, 0.1) is 6.61 Å². The van der Waals surface area contributed by atoms with Gasteiger partial charge in [-0.25, -0.2) is 8.78 Å². The summed E-state index contributed by atoms with van der Waals surface area (Å²) in [5.41, 5.74) is 0.621. The van der Waals surface area contributed by atoms with Gasteiger partial charge in [-0.3, -0.25) is 0 Å². The number of halogens is 2. The molecule has 65 valence electrons. The van der Waals surface area contributed by atoms with E-state index in [9.17, 15) is 8.78 Å². The summed E-state index contributed by atoms with van der Waals surface area (Å²) >= 11 is 0. The molecule has 0 aliphatic rings. The van der Waals surface area contributed by atoms with Crippen molar-refractivity contribution in [3.63, 3.8) is 0 Å². The van der Waals surface area contributed by atoms with Crippen LogP contribution in [0.5, 0.6) is 0 Å². The fraction of sp³-hybridized carbons (Fsp3) is 0.222. The van der Waals surface area contributed by atoms with Gasteiger partial charge in [0, 0.05) is 13.5 Å². The highest BCUT2D eigenvalue weighted by atomic mass is 19.2. The van der Waals surface area contributed by atoms with Crippen LogP contribution in [0.1, 0.15) is 5.56 Å². The number of benzene rings is 1. The molecule has 0 fully saturated rings. The second kappa shape index (κ2) is 4.16. The molecule has 1 aromatic rings. The lowest BCUT2D eigenvalue weighted by Gasteiger charge is -1.99. The Morgan fingerprint density at radius 1 is 1.33 bits per heavy atom. The second-order valence-corrected chi connectivity index (χ2v) is 2.33. The third-order valence-electron chi connectivity index (χ3n) is 1.43. The van der Waals surface area contributed by atoms with Gasteiger partial charge in [0.25, 0.3) is 0 Å². The molecule has 1 nitrogen and oxygen atoms in total. The zero-order chi connectivity index (χ0) is 8.97. The molecule has 0 spiro atoms. The van der Waals surface area contributed by atoms with Gasteiger partial charge in [-0.1, -0.05) is 6.07 Å². The number of rotatable bonds is 3. The van der Waals surface area contributed by atoms with Crippen molar-refractivity contribution < 1.29 is 13.5 Å². The van der Waals surface area contributed by atoms with E-state index in [1.807, 2.05) is 0 Å². The zero-order valence-corrected chi connectivity index (χ0v) is 6.68. The molecular weight excluding hydrogens is 162 g/mol. The summed E-state index contributed by atoms with van der Waals surface area (Å²) in [6.07, 6.45) is 1.67. The molecule has 1 radical (unpaired) electrons. The average Bonchev–Trinajstić information content (AvgIpc) is 2.07.